The lowest BCUT2D eigenvalue weighted by molar-refractivity contribution is -0.170. The molecule has 2 aliphatic rings. The summed E-state index contributed by atoms with van der Waals surface area (Å²) in [5.74, 6) is -1.74. The molecule has 0 N–H and O–H groups in total. The number of amides is 1. The fraction of sp³-hybridized carbons (Fsp3) is 0.320. The van der Waals surface area contributed by atoms with Gasteiger partial charge < -0.3 is 9.80 Å². The molecule has 0 radical (unpaired) electrons. The van der Waals surface area contributed by atoms with Crippen molar-refractivity contribution in [2.24, 2.45) is 0 Å². The van der Waals surface area contributed by atoms with E-state index in [0.717, 1.165) is 5.56 Å². The monoisotopic (exact) mass is 549 g/mol. The van der Waals surface area contributed by atoms with Gasteiger partial charge in [0.2, 0.25) is 10.0 Å². The van der Waals surface area contributed by atoms with Crippen LogP contribution < -0.4 is 9.80 Å². The van der Waals surface area contributed by atoms with Crippen molar-refractivity contribution in [2.45, 2.75) is 30.5 Å². The van der Waals surface area contributed by atoms with Gasteiger partial charge in [0.15, 0.2) is 5.82 Å². The Morgan fingerprint density at radius 1 is 0.947 bits per heavy atom. The van der Waals surface area contributed by atoms with Crippen LogP contribution in [0.1, 0.15) is 12.5 Å². The normalized spacial score (nSPS) is 18.5. The van der Waals surface area contributed by atoms with E-state index in [4.69, 9.17) is 0 Å². The number of anilines is 2. The van der Waals surface area contributed by atoms with Crippen molar-refractivity contribution in [3.05, 3.63) is 66.0 Å². The van der Waals surface area contributed by atoms with E-state index < -0.39 is 28.1 Å². The average Bonchev–Trinajstić information content (AvgIpc) is 3.23. The lowest BCUT2D eigenvalue weighted by Gasteiger charge is -2.34. The molecular formula is C25H23F4N5O3S. The smallest absolute Gasteiger partial charge is 0.352 e. The molecule has 13 heteroatoms. The number of alkyl halides is 3. The summed E-state index contributed by atoms with van der Waals surface area (Å²) in [7, 11) is -3.90. The van der Waals surface area contributed by atoms with Crippen molar-refractivity contribution >= 4 is 27.4 Å². The zero-order chi connectivity index (χ0) is 27.2. The summed E-state index contributed by atoms with van der Waals surface area (Å²) in [6, 6.07) is 12.5. The Hall–Kier alpha value is -3.58. The fourth-order valence-corrected chi connectivity index (χ4v) is 6.26. The molecule has 3 aromatic rings. The van der Waals surface area contributed by atoms with Crippen LogP contribution >= 0.6 is 0 Å². The molecule has 1 atom stereocenters. The number of rotatable bonds is 4. The number of hydrogen-bond donors (Lipinski definition) is 0. The minimum absolute atomic E-state index is 0.0262. The highest BCUT2D eigenvalue weighted by Gasteiger charge is 2.47. The number of aromatic nitrogens is 2. The molecule has 2 aromatic carbocycles. The Kier molecular flexibility index (Phi) is 6.59. The molecule has 0 saturated carbocycles. The van der Waals surface area contributed by atoms with Gasteiger partial charge >= 0.3 is 12.1 Å². The predicted molar refractivity (Wildman–Crippen MR) is 132 cm³/mol. The van der Waals surface area contributed by atoms with E-state index in [0.29, 0.717) is 35.1 Å². The topological polar surface area (TPSA) is 86.7 Å². The molecular weight excluding hydrogens is 526 g/mol. The van der Waals surface area contributed by atoms with Crippen molar-refractivity contribution in [3.8, 4) is 11.3 Å². The van der Waals surface area contributed by atoms with Crippen LogP contribution in [0.25, 0.3) is 11.3 Å². The van der Waals surface area contributed by atoms with Gasteiger partial charge in [0.05, 0.1) is 10.6 Å². The Labute approximate surface area is 216 Å². The fourth-order valence-electron chi connectivity index (χ4n) is 4.79. The molecule has 38 heavy (non-hydrogen) atoms. The number of fused-ring (bicyclic) bond motifs is 1. The molecule has 8 nitrogen and oxygen atoms in total. The third kappa shape index (κ3) is 4.83. The average molecular weight is 550 g/mol. The number of hydrogen-bond acceptors (Lipinski definition) is 6. The number of piperazine rings is 1. The third-order valence-electron chi connectivity index (χ3n) is 6.72. The van der Waals surface area contributed by atoms with E-state index in [2.05, 4.69) is 10.2 Å². The first-order valence-electron chi connectivity index (χ1n) is 11.8. The molecule has 3 heterocycles. The summed E-state index contributed by atoms with van der Waals surface area (Å²) < 4.78 is 80.2. The zero-order valence-electron chi connectivity index (χ0n) is 20.2. The number of benzene rings is 2. The Balaban J connectivity index is 1.27. The van der Waals surface area contributed by atoms with E-state index in [1.54, 1.807) is 24.3 Å². The third-order valence-corrected chi connectivity index (χ3v) is 8.61. The van der Waals surface area contributed by atoms with Crippen LogP contribution in [0.3, 0.4) is 0 Å². The van der Waals surface area contributed by atoms with E-state index in [1.165, 1.54) is 41.6 Å². The Morgan fingerprint density at radius 3 is 2.24 bits per heavy atom. The summed E-state index contributed by atoms with van der Waals surface area (Å²) in [6.07, 6.45) is -4.90. The molecule has 1 aromatic heterocycles. The van der Waals surface area contributed by atoms with E-state index >= 15 is 0 Å². The minimum atomic E-state index is -5.02. The van der Waals surface area contributed by atoms with Crippen LogP contribution in [-0.4, -0.2) is 67.2 Å². The number of sulfonamides is 1. The molecule has 5 rings (SSSR count). The molecule has 1 amide bonds. The molecule has 0 spiro atoms. The van der Waals surface area contributed by atoms with Gasteiger partial charge in [-0.1, -0.05) is 0 Å². The van der Waals surface area contributed by atoms with E-state index in [1.807, 2.05) is 4.90 Å². The first kappa shape index (κ1) is 26.0. The molecule has 200 valence electrons. The Morgan fingerprint density at radius 2 is 1.63 bits per heavy atom. The highest BCUT2D eigenvalue weighted by molar-refractivity contribution is 7.89. The molecule has 2 aliphatic heterocycles. The lowest BCUT2D eigenvalue weighted by Crippen LogP contribution is -2.49. The maximum Gasteiger partial charge on any atom is 0.471 e. The second-order valence-corrected chi connectivity index (χ2v) is 11.1. The molecule has 0 bridgehead atoms. The molecule has 1 fully saturated rings. The summed E-state index contributed by atoms with van der Waals surface area (Å²) in [6.45, 7) is 2.57. The van der Waals surface area contributed by atoms with Crippen molar-refractivity contribution < 1.29 is 30.8 Å². The largest absolute Gasteiger partial charge is 0.471 e. The number of nitrogens with zero attached hydrogens (tertiary/aromatic N) is 5. The van der Waals surface area contributed by atoms with Crippen LogP contribution in [-0.2, 0) is 21.2 Å². The van der Waals surface area contributed by atoms with Crippen molar-refractivity contribution in [1.82, 2.24) is 14.5 Å². The molecule has 0 aliphatic carbocycles. The second kappa shape index (κ2) is 9.62. The maximum atomic E-state index is 13.3. The van der Waals surface area contributed by atoms with Crippen molar-refractivity contribution in [1.29, 1.82) is 0 Å². The second-order valence-electron chi connectivity index (χ2n) is 9.19. The van der Waals surface area contributed by atoms with Gasteiger partial charge in [0.25, 0.3) is 0 Å². The summed E-state index contributed by atoms with van der Waals surface area (Å²) in [5, 5.41) is 8.43. The predicted octanol–water partition coefficient (Wildman–Crippen LogP) is 3.63. The van der Waals surface area contributed by atoms with E-state index in [9.17, 15) is 30.8 Å². The van der Waals surface area contributed by atoms with Crippen LogP contribution in [0.5, 0.6) is 0 Å². The first-order chi connectivity index (χ1) is 17.9. The van der Waals surface area contributed by atoms with Gasteiger partial charge in [0, 0.05) is 43.5 Å². The van der Waals surface area contributed by atoms with Crippen LogP contribution in [0.15, 0.2) is 59.5 Å². The summed E-state index contributed by atoms with van der Waals surface area (Å²) in [4.78, 5) is 14.4. The van der Waals surface area contributed by atoms with Crippen molar-refractivity contribution in [3.63, 3.8) is 0 Å². The first-order valence-corrected chi connectivity index (χ1v) is 13.3. The maximum absolute atomic E-state index is 13.3. The van der Waals surface area contributed by atoms with Gasteiger partial charge in [-0.25, -0.2) is 12.8 Å². The van der Waals surface area contributed by atoms with Crippen molar-refractivity contribution in [2.75, 3.05) is 36.0 Å². The van der Waals surface area contributed by atoms with Crippen LogP contribution in [0.2, 0.25) is 0 Å². The van der Waals surface area contributed by atoms with Gasteiger partial charge in [-0.05, 0) is 73.5 Å². The quantitative estimate of drug-likeness (QED) is 0.462. The highest BCUT2D eigenvalue weighted by atomic mass is 32.2. The summed E-state index contributed by atoms with van der Waals surface area (Å²) in [5.41, 5.74) is 1.75. The highest BCUT2D eigenvalue weighted by Crippen LogP contribution is 2.37. The van der Waals surface area contributed by atoms with Gasteiger partial charge in [-0.15, -0.1) is 10.2 Å². The van der Waals surface area contributed by atoms with Crippen LogP contribution in [0.4, 0.5) is 29.1 Å². The van der Waals surface area contributed by atoms with Gasteiger partial charge in [0.1, 0.15) is 5.82 Å². The van der Waals surface area contributed by atoms with E-state index in [-0.39, 0.29) is 35.9 Å². The zero-order valence-corrected chi connectivity index (χ0v) is 21.0. The van der Waals surface area contributed by atoms with Crippen LogP contribution in [0, 0.1) is 5.82 Å². The van der Waals surface area contributed by atoms with Gasteiger partial charge in [-0.3, -0.25) is 4.79 Å². The standard InChI is InChI=1S/C25H23F4N5O3S/c1-16-14-18-15-20(6-8-22(18)34(16)24(35)25(27,28)29)38(36,37)33-12-10-32(11-13-33)23-9-7-21(30-31-23)17-2-4-19(26)5-3-17/h2-9,15-16H,10-14H2,1H3. The lowest BCUT2D eigenvalue weighted by atomic mass is 10.1. The Bertz CT molecular complexity index is 1460. The molecule has 1 saturated heterocycles. The summed E-state index contributed by atoms with van der Waals surface area (Å²) >= 11 is 0. The number of halogens is 4. The minimum Gasteiger partial charge on any atom is -0.352 e. The molecule has 1 unspecified atom stereocenters. The van der Waals surface area contributed by atoms with Gasteiger partial charge in [-0.2, -0.15) is 17.5 Å². The SMILES string of the molecule is CC1Cc2cc(S(=O)(=O)N3CCN(c4ccc(-c5ccc(F)cc5)nn4)CC3)ccc2N1C(=O)C(F)(F)F. The number of carbonyl (C=O) groups excluding carboxylic acids is 1. The number of carbonyl (C=O) groups is 1.